The van der Waals surface area contributed by atoms with Gasteiger partial charge in [-0.25, -0.2) is 4.98 Å². The van der Waals surface area contributed by atoms with E-state index in [-0.39, 0.29) is 10.7 Å². The number of amides is 1. The molecule has 7 nitrogen and oxygen atoms in total. The molecule has 1 aromatic heterocycles. The smallest absolute Gasteiger partial charge is 0.416 e. The molecule has 0 aliphatic heterocycles. The summed E-state index contributed by atoms with van der Waals surface area (Å²) in [4.78, 5) is 17.9. The van der Waals surface area contributed by atoms with E-state index < -0.39 is 17.6 Å². The van der Waals surface area contributed by atoms with Crippen molar-refractivity contribution in [3.05, 3.63) is 75.8 Å². The summed E-state index contributed by atoms with van der Waals surface area (Å²) >= 11 is 4.57. The minimum absolute atomic E-state index is 0.180. The summed E-state index contributed by atoms with van der Waals surface area (Å²) in [5.41, 5.74) is -0.0503. The topological polar surface area (TPSA) is 73.2 Å². The van der Waals surface area contributed by atoms with E-state index in [1.165, 1.54) is 51.0 Å². The highest BCUT2D eigenvalue weighted by Crippen LogP contribution is 2.38. The summed E-state index contributed by atoms with van der Waals surface area (Å²) in [6, 6.07) is 12.8. The van der Waals surface area contributed by atoms with E-state index in [0.717, 1.165) is 26.3 Å². The molecule has 12 heteroatoms. The Kier molecular flexibility index (Phi) is 7.69. The molecular formula is C25H19BrF3N3O4S. The Bertz CT molecular complexity index is 1460. The average molecular weight is 594 g/mol. The SMILES string of the molecule is COc1cc(/C=N/N(C(=O)c2cccc(C(F)(F)F)c2)c2nc3ccc(Br)cc3s2)cc(OC)c1OC. The average Bonchev–Trinajstić information content (AvgIpc) is 3.30. The van der Waals surface area contributed by atoms with Crippen LogP contribution in [0, 0.1) is 0 Å². The number of halogens is 4. The van der Waals surface area contributed by atoms with Crippen LogP contribution in [0.25, 0.3) is 10.2 Å². The van der Waals surface area contributed by atoms with Gasteiger partial charge in [-0.1, -0.05) is 33.3 Å². The highest BCUT2D eigenvalue weighted by molar-refractivity contribution is 9.10. The molecule has 0 fully saturated rings. The first kappa shape index (κ1) is 26.4. The Balaban J connectivity index is 1.81. The van der Waals surface area contributed by atoms with Crippen LogP contribution >= 0.6 is 27.3 Å². The Morgan fingerprint density at radius 3 is 2.35 bits per heavy atom. The summed E-state index contributed by atoms with van der Waals surface area (Å²) in [5, 5.41) is 5.47. The third-order valence-corrected chi connectivity index (χ3v) is 6.65. The lowest BCUT2D eigenvalue weighted by atomic mass is 10.1. The predicted molar refractivity (Wildman–Crippen MR) is 139 cm³/mol. The van der Waals surface area contributed by atoms with Crippen molar-refractivity contribution < 1.29 is 32.2 Å². The number of hydrazone groups is 1. The van der Waals surface area contributed by atoms with E-state index in [2.05, 4.69) is 26.0 Å². The molecule has 0 aliphatic rings. The van der Waals surface area contributed by atoms with Gasteiger partial charge in [0.05, 0.1) is 43.3 Å². The van der Waals surface area contributed by atoms with E-state index in [9.17, 15) is 18.0 Å². The molecule has 37 heavy (non-hydrogen) atoms. The van der Waals surface area contributed by atoms with Crippen molar-refractivity contribution in [1.82, 2.24) is 4.98 Å². The summed E-state index contributed by atoms with van der Waals surface area (Å²) in [7, 11) is 4.39. The van der Waals surface area contributed by atoms with Crippen molar-refractivity contribution in [2.24, 2.45) is 5.10 Å². The fourth-order valence-corrected chi connectivity index (χ4v) is 4.89. The Morgan fingerprint density at radius 1 is 1.03 bits per heavy atom. The van der Waals surface area contributed by atoms with Gasteiger partial charge in [-0.2, -0.15) is 23.3 Å². The fraction of sp³-hybridized carbons (Fsp3) is 0.160. The first-order valence-corrected chi connectivity index (χ1v) is 12.2. The molecule has 0 saturated heterocycles. The standard InChI is InChI=1S/C25H19BrF3N3O4S/c1-34-19-9-14(10-20(35-2)22(19)36-3)13-30-32(24-31-18-8-7-17(26)12-21(18)37-24)23(33)15-5-4-6-16(11-15)25(27,28)29/h4-13H,1-3H3/b30-13+. The molecule has 4 aromatic rings. The van der Waals surface area contributed by atoms with Crippen molar-refractivity contribution in [3.8, 4) is 17.2 Å². The number of hydrogen-bond donors (Lipinski definition) is 0. The third-order valence-electron chi connectivity index (χ3n) is 5.16. The van der Waals surface area contributed by atoms with Gasteiger partial charge in [-0.05, 0) is 48.5 Å². The molecule has 1 amide bonds. The van der Waals surface area contributed by atoms with Crippen LogP contribution in [-0.4, -0.2) is 38.4 Å². The van der Waals surface area contributed by atoms with Crippen LogP contribution in [0.2, 0.25) is 0 Å². The van der Waals surface area contributed by atoms with Gasteiger partial charge in [0.2, 0.25) is 10.9 Å². The molecule has 0 aliphatic carbocycles. The normalized spacial score (nSPS) is 11.6. The van der Waals surface area contributed by atoms with Gasteiger partial charge in [0.15, 0.2) is 11.5 Å². The number of nitrogens with zero attached hydrogens (tertiary/aromatic N) is 3. The van der Waals surface area contributed by atoms with Crippen molar-refractivity contribution in [3.63, 3.8) is 0 Å². The molecular weight excluding hydrogens is 575 g/mol. The summed E-state index contributed by atoms with van der Waals surface area (Å²) in [5.74, 6) is 0.316. The van der Waals surface area contributed by atoms with E-state index in [1.54, 1.807) is 24.3 Å². The second-order valence-electron chi connectivity index (χ2n) is 7.51. The third kappa shape index (κ3) is 5.70. The maximum Gasteiger partial charge on any atom is 0.416 e. The van der Waals surface area contributed by atoms with Gasteiger partial charge < -0.3 is 14.2 Å². The van der Waals surface area contributed by atoms with Crippen LogP contribution in [0.15, 0.2) is 64.2 Å². The predicted octanol–water partition coefficient (Wildman–Crippen LogP) is 6.78. The quantitative estimate of drug-likeness (QED) is 0.174. The van der Waals surface area contributed by atoms with E-state index in [1.807, 2.05) is 6.07 Å². The Hall–Kier alpha value is -3.64. The van der Waals surface area contributed by atoms with Crippen LogP contribution < -0.4 is 19.2 Å². The van der Waals surface area contributed by atoms with Gasteiger partial charge in [0.25, 0.3) is 5.91 Å². The zero-order valence-electron chi connectivity index (χ0n) is 19.7. The number of hydrogen-bond acceptors (Lipinski definition) is 7. The molecule has 0 saturated carbocycles. The molecule has 0 bridgehead atoms. The highest BCUT2D eigenvalue weighted by Gasteiger charge is 2.32. The molecule has 0 spiro atoms. The number of carbonyl (C=O) groups excluding carboxylic acids is 1. The number of anilines is 1. The number of carbonyl (C=O) groups is 1. The lowest BCUT2D eigenvalue weighted by Crippen LogP contribution is -2.26. The van der Waals surface area contributed by atoms with E-state index in [4.69, 9.17) is 14.2 Å². The zero-order chi connectivity index (χ0) is 26.7. The lowest BCUT2D eigenvalue weighted by molar-refractivity contribution is -0.137. The number of thiazole rings is 1. The second-order valence-corrected chi connectivity index (χ2v) is 9.43. The van der Waals surface area contributed by atoms with Gasteiger partial charge in [-0.3, -0.25) is 4.79 Å². The van der Waals surface area contributed by atoms with Gasteiger partial charge >= 0.3 is 6.18 Å². The summed E-state index contributed by atoms with van der Waals surface area (Å²) < 4.78 is 57.5. The van der Waals surface area contributed by atoms with Crippen molar-refractivity contribution in [2.45, 2.75) is 6.18 Å². The first-order valence-electron chi connectivity index (χ1n) is 10.6. The lowest BCUT2D eigenvalue weighted by Gasteiger charge is -2.16. The number of benzene rings is 3. The van der Waals surface area contributed by atoms with Gasteiger partial charge in [-0.15, -0.1) is 0 Å². The maximum atomic E-state index is 13.5. The van der Waals surface area contributed by atoms with E-state index in [0.29, 0.717) is 28.3 Å². The fourth-order valence-electron chi connectivity index (χ4n) is 3.42. The molecule has 0 atom stereocenters. The summed E-state index contributed by atoms with van der Waals surface area (Å²) in [6.45, 7) is 0. The summed E-state index contributed by atoms with van der Waals surface area (Å²) in [6.07, 6.45) is -3.25. The maximum absolute atomic E-state index is 13.5. The number of fused-ring (bicyclic) bond motifs is 1. The zero-order valence-corrected chi connectivity index (χ0v) is 22.1. The molecule has 0 radical (unpaired) electrons. The van der Waals surface area contributed by atoms with E-state index >= 15 is 0 Å². The van der Waals surface area contributed by atoms with Crippen molar-refractivity contribution in [2.75, 3.05) is 26.3 Å². The highest BCUT2D eigenvalue weighted by atomic mass is 79.9. The monoisotopic (exact) mass is 593 g/mol. The molecule has 0 N–H and O–H groups in total. The number of methoxy groups -OCH3 is 3. The molecule has 0 unspecified atom stereocenters. The van der Waals surface area contributed by atoms with Crippen LogP contribution in [0.5, 0.6) is 17.2 Å². The minimum Gasteiger partial charge on any atom is -0.493 e. The van der Waals surface area contributed by atoms with Crippen molar-refractivity contribution in [1.29, 1.82) is 0 Å². The largest absolute Gasteiger partial charge is 0.493 e. The van der Waals surface area contributed by atoms with Crippen LogP contribution in [0.1, 0.15) is 21.5 Å². The first-order chi connectivity index (χ1) is 17.6. The Morgan fingerprint density at radius 2 is 1.73 bits per heavy atom. The second kappa shape index (κ2) is 10.8. The molecule has 4 rings (SSSR count). The minimum atomic E-state index is -4.61. The molecule has 1 heterocycles. The van der Waals surface area contributed by atoms with Crippen molar-refractivity contribution >= 4 is 54.7 Å². The number of alkyl halides is 3. The van der Waals surface area contributed by atoms with Gasteiger partial charge in [0.1, 0.15) is 0 Å². The molecule has 3 aromatic carbocycles. The van der Waals surface area contributed by atoms with Crippen LogP contribution in [0.4, 0.5) is 18.3 Å². The number of rotatable bonds is 7. The van der Waals surface area contributed by atoms with Crippen LogP contribution in [-0.2, 0) is 6.18 Å². The van der Waals surface area contributed by atoms with Gasteiger partial charge in [0, 0.05) is 15.6 Å². The van der Waals surface area contributed by atoms with Crippen LogP contribution in [0.3, 0.4) is 0 Å². The Labute approximate surface area is 222 Å². The molecule has 192 valence electrons. The number of ether oxygens (including phenoxy) is 3. The number of aromatic nitrogens is 1.